The van der Waals surface area contributed by atoms with E-state index in [0.717, 1.165) is 0 Å². The minimum atomic E-state index is -0.486. The molecule has 0 aromatic heterocycles. The van der Waals surface area contributed by atoms with Gasteiger partial charge >= 0.3 is 0 Å². The van der Waals surface area contributed by atoms with E-state index in [1.165, 1.54) is 0 Å². The van der Waals surface area contributed by atoms with Crippen molar-refractivity contribution >= 4 is 15.9 Å². The SMILES string of the molecule is CC(Br)C(C)(C)OO. The van der Waals surface area contributed by atoms with Crippen molar-refractivity contribution in [3.63, 3.8) is 0 Å². The summed E-state index contributed by atoms with van der Waals surface area (Å²) in [7, 11) is 0. The normalized spacial score (nSPS) is 16.1. The third-order valence-corrected chi connectivity index (χ3v) is 2.30. The second-order valence-corrected chi connectivity index (χ2v) is 3.68. The molecule has 1 N–H and O–H groups in total. The van der Waals surface area contributed by atoms with Crippen LogP contribution in [0.25, 0.3) is 0 Å². The fraction of sp³-hybridized carbons (Fsp3) is 1.00. The van der Waals surface area contributed by atoms with Gasteiger partial charge in [-0.05, 0) is 20.8 Å². The Morgan fingerprint density at radius 3 is 2.00 bits per heavy atom. The minimum Gasteiger partial charge on any atom is -0.251 e. The quantitative estimate of drug-likeness (QED) is 0.403. The first-order valence-corrected chi connectivity index (χ1v) is 3.39. The van der Waals surface area contributed by atoms with Crippen LogP contribution in [0.5, 0.6) is 0 Å². The van der Waals surface area contributed by atoms with E-state index in [9.17, 15) is 0 Å². The van der Waals surface area contributed by atoms with Gasteiger partial charge in [0.05, 0.1) is 0 Å². The molecule has 0 fully saturated rings. The van der Waals surface area contributed by atoms with Gasteiger partial charge in [-0.15, -0.1) is 0 Å². The third-order valence-electron chi connectivity index (χ3n) is 1.19. The molecular formula is C5H11BrO2. The molecule has 0 bridgehead atoms. The molecule has 0 aliphatic carbocycles. The van der Waals surface area contributed by atoms with Crippen LogP contribution in [0, 0.1) is 0 Å². The lowest BCUT2D eigenvalue weighted by molar-refractivity contribution is -0.310. The van der Waals surface area contributed by atoms with Gasteiger partial charge in [-0.2, -0.15) is 0 Å². The fourth-order valence-corrected chi connectivity index (χ4v) is 0.156. The average Bonchev–Trinajstić information content (AvgIpc) is 1.67. The molecule has 0 aliphatic heterocycles. The fourth-order valence-electron chi connectivity index (χ4n) is 0.0726. The van der Waals surface area contributed by atoms with Crippen molar-refractivity contribution in [3.05, 3.63) is 0 Å². The van der Waals surface area contributed by atoms with Gasteiger partial charge in [0.15, 0.2) is 0 Å². The van der Waals surface area contributed by atoms with E-state index in [4.69, 9.17) is 5.26 Å². The smallest absolute Gasteiger partial charge is 0.110 e. The molecule has 0 aliphatic rings. The highest BCUT2D eigenvalue weighted by Crippen LogP contribution is 2.19. The van der Waals surface area contributed by atoms with Gasteiger partial charge in [0.25, 0.3) is 0 Å². The average molecular weight is 183 g/mol. The van der Waals surface area contributed by atoms with Crippen molar-refractivity contribution < 1.29 is 10.1 Å². The molecule has 0 aromatic carbocycles. The first kappa shape index (κ1) is 8.40. The van der Waals surface area contributed by atoms with Crippen LogP contribution < -0.4 is 0 Å². The molecule has 2 nitrogen and oxygen atoms in total. The van der Waals surface area contributed by atoms with Crippen molar-refractivity contribution in [1.29, 1.82) is 0 Å². The molecule has 1 atom stereocenters. The number of hydrogen-bond donors (Lipinski definition) is 1. The van der Waals surface area contributed by atoms with Gasteiger partial charge in [0.2, 0.25) is 0 Å². The van der Waals surface area contributed by atoms with E-state index >= 15 is 0 Å². The van der Waals surface area contributed by atoms with E-state index in [1.54, 1.807) is 13.8 Å². The minimum absolute atomic E-state index is 0.153. The van der Waals surface area contributed by atoms with Crippen molar-refractivity contribution in [1.82, 2.24) is 0 Å². The van der Waals surface area contributed by atoms with Crippen LogP contribution in [-0.4, -0.2) is 15.7 Å². The molecule has 0 saturated heterocycles. The molecule has 0 radical (unpaired) electrons. The lowest BCUT2D eigenvalue weighted by Crippen LogP contribution is -2.31. The van der Waals surface area contributed by atoms with Gasteiger partial charge < -0.3 is 0 Å². The summed E-state index contributed by atoms with van der Waals surface area (Å²) in [5, 5.41) is 8.23. The Morgan fingerprint density at radius 1 is 1.62 bits per heavy atom. The summed E-state index contributed by atoms with van der Waals surface area (Å²) in [5.41, 5.74) is -0.486. The monoisotopic (exact) mass is 182 g/mol. The molecule has 1 unspecified atom stereocenters. The summed E-state index contributed by atoms with van der Waals surface area (Å²) in [4.78, 5) is 4.30. The lowest BCUT2D eigenvalue weighted by atomic mass is 10.1. The Labute approximate surface area is 57.9 Å². The molecule has 0 rings (SSSR count). The van der Waals surface area contributed by atoms with E-state index in [0.29, 0.717) is 0 Å². The molecule has 3 heteroatoms. The summed E-state index contributed by atoms with van der Waals surface area (Å²) >= 11 is 3.27. The van der Waals surface area contributed by atoms with Crippen molar-refractivity contribution in [2.75, 3.05) is 0 Å². The van der Waals surface area contributed by atoms with Gasteiger partial charge in [0.1, 0.15) is 5.60 Å². The van der Waals surface area contributed by atoms with E-state index in [-0.39, 0.29) is 4.83 Å². The van der Waals surface area contributed by atoms with E-state index < -0.39 is 5.60 Å². The predicted octanol–water partition coefficient (Wildman–Crippen LogP) is 2.04. The predicted molar refractivity (Wildman–Crippen MR) is 36.2 cm³/mol. The molecule has 50 valence electrons. The number of alkyl halides is 1. The topological polar surface area (TPSA) is 29.5 Å². The second-order valence-electron chi connectivity index (χ2n) is 2.31. The molecule has 8 heavy (non-hydrogen) atoms. The zero-order chi connectivity index (χ0) is 6.78. The van der Waals surface area contributed by atoms with Crippen LogP contribution in [0.15, 0.2) is 0 Å². The highest BCUT2D eigenvalue weighted by molar-refractivity contribution is 9.09. The van der Waals surface area contributed by atoms with Crippen LogP contribution >= 0.6 is 15.9 Å². The summed E-state index contributed by atoms with van der Waals surface area (Å²) < 4.78 is 0. The summed E-state index contributed by atoms with van der Waals surface area (Å²) in [6.45, 7) is 5.51. The zero-order valence-corrected chi connectivity index (χ0v) is 6.90. The largest absolute Gasteiger partial charge is 0.251 e. The molecule has 0 amide bonds. The zero-order valence-electron chi connectivity index (χ0n) is 5.31. The molecular weight excluding hydrogens is 172 g/mol. The third kappa shape index (κ3) is 2.11. The maximum Gasteiger partial charge on any atom is 0.110 e. The van der Waals surface area contributed by atoms with Crippen molar-refractivity contribution in [2.45, 2.75) is 31.2 Å². The highest BCUT2D eigenvalue weighted by atomic mass is 79.9. The Bertz CT molecular complexity index is 70.8. The molecule has 0 heterocycles. The number of rotatable bonds is 2. The summed E-state index contributed by atoms with van der Waals surface area (Å²) in [5.74, 6) is 0. The lowest BCUT2D eigenvalue weighted by Gasteiger charge is -2.22. The van der Waals surface area contributed by atoms with Crippen LogP contribution in [0.2, 0.25) is 0 Å². The number of halogens is 1. The van der Waals surface area contributed by atoms with E-state index in [1.807, 2.05) is 6.92 Å². The molecule has 0 saturated carbocycles. The first-order chi connectivity index (χ1) is 3.50. The van der Waals surface area contributed by atoms with Crippen molar-refractivity contribution in [3.8, 4) is 0 Å². The van der Waals surface area contributed by atoms with Gasteiger partial charge in [-0.25, -0.2) is 4.89 Å². The standard InChI is InChI=1S/C5H11BrO2/c1-4(6)5(2,3)8-7/h4,7H,1-3H3. The van der Waals surface area contributed by atoms with Crippen LogP contribution in [-0.2, 0) is 4.89 Å². The molecule has 0 aromatic rings. The maximum absolute atomic E-state index is 8.23. The van der Waals surface area contributed by atoms with Crippen LogP contribution in [0.4, 0.5) is 0 Å². The Balaban J connectivity index is 3.71. The van der Waals surface area contributed by atoms with Gasteiger partial charge in [0, 0.05) is 4.83 Å². The Hall–Kier alpha value is 0.400. The number of hydrogen-bond acceptors (Lipinski definition) is 2. The van der Waals surface area contributed by atoms with Gasteiger partial charge in [-0.1, -0.05) is 15.9 Å². The Kier molecular flexibility index (Phi) is 2.94. The van der Waals surface area contributed by atoms with Crippen molar-refractivity contribution in [2.24, 2.45) is 0 Å². The van der Waals surface area contributed by atoms with Crippen LogP contribution in [0.3, 0.4) is 0 Å². The van der Waals surface area contributed by atoms with Crippen LogP contribution in [0.1, 0.15) is 20.8 Å². The summed E-state index contributed by atoms with van der Waals surface area (Å²) in [6, 6.07) is 0. The molecule has 0 spiro atoms. The first-order valence-electron chi connectivity index (χ1n) is 2.47. The highest BCUT2D eigenvalue weighted by Gasteiger charge is 2.24. The van der Waals surface area contributed by atoms with E-state index in [2.05, 4.69) is 20.8 Å². The maximum atomic E-state index is 8.23. The second kappa shape index (κ2) is 2.80. The summed E-state index contributed by atoms with van der Waals surface area (Å²) in [6.07, 6.45) is 0. The Morgan fingerprint density at radius 2 is 2.00 bits per heavy atom. The van der Waals surface area contributed by atoms with Gasteiger partial charge in [-0.3, -0.25) is 5.26 Å².